The Hall–Kier alpha value is -0.860. The minimum atomic E-state index is 0.419. The zero-order chi connectivity index (χ0) is 9.68. The quantitative estimate of drug-likeness (QED) is 0.724. The molecule has 0 heterocycles. The van der Waals surface area contributed by atoms with Crippen molar-refractivity contribution in [2.75, 3.05) is 13.1 Å². The van der Waals surface area contributed by atoms with Crippen LogP contribution in [-0.2, 0) is 6.42 Å². The summed E-state index contributed by atoms with van der Waals surface area (Å²) >= 11 is 0. The second-order valence-electron chi connectivity index (χ2n) is 3.53. The minimum Gasteiger partial charge on any atom is -0.330 e. The highest BCUT2D eigenvalue weighted by Crippen LogP contribution is 2.08. The smallest absolute Gasteiger partial charge is 0.00336 e. The molecule has 0 saturated heterocycles. The first-order valence-corrected chi connectivity index (χ1v) is 4.72. The third-order valence-corrected chi connectivity index (χ3v) is 2.31. The van der Waals surface area contributed by atoms with E-state index in [2.05, 4.69) is 31.2 Å². The number of hydrogen-bond acceptors (Lipinski definition) is 2. The summed E-state index contributed by atoms with van der Waals surface area (Å²) < 4.78 is 0. The van der Waals surface area contributed by atoms with Crippen molar-refractivity contribution in [3.05, 3.63) is 35.4 Å². The first-order chi connectivity index (χ1) is 6.26. The van der Waals surface area contributed by atoms with Crippen molar-refractivity contribution in [3.63, 3.8) is 0 Å². The molecule has 0 radical (unpaired) electrons. The molecule has 2 nitrogen and oxygen atoms in total. The average Bonchev–Trinajstić information content (AvgIpc) is 2.17. The second kappa shape index (κ2) is 5.00. The lowest BCUT2D eigenvalue weighted by atomic mass is 9.99. The molecule has 0 bridgehead atoms. The molecule has 4 N–H and O–H groups in total. The van der Waals surface area contributed by atoms with Gasteiger partial charge in [-0.1, -0.05) is 29.8 Å². The van der Waals surface area contributed by atoms with Crippen molar-refractivity contribution in [1.82, 2.24) is 0 Å². The zero-order valence-corrected chi connectivity index (χ0v) is 8.16. The fraction of sp³-hybridized carbons (Fsp3) is 0.455. The first kappa shape index (κ1) is 10.2. The Morgan fingerprint density at radius 3 is 2.08 bits per heavy atom. The Labute approximate surface area is 79.9 Å². The van der Waals surface area contributed by atoms with E-state index in [0.717, 1.165) is 6.42 Å². The molecule has 0 saturated carbocycles. The molecule has 0 amide bonds. The zero-order valence-electron chi connectivity index (χ0n) is 8.16. The van der Waals surface area contributed by atoms with Crippen molar-refractivity contribution in [1.29, 1.82) is 0 Å². The second-order valence-corrected chi connectivity index (χ2v) is 3.53. The predicted octanol–water partition coefficient (Wildman–Crippen LogP) is 1.07. The van der Waals surface area contributed by atoms with Gasteiger partial charge in [-0.3, -0.25) is 0 Å². The molecular weight excluding hydrogens is 160 g/mol. The van der Waals surface area contributed by atoms with Gasteiger partial charge in [0.15, 0.2) is 0 Å². The Kier molecular flexibility index (Phi) is 3.93. The van der Waals surface area contributed by atoms with Crippen molar-refractivity contribution < 1.29 is 0 Å². The van der Waals surface area contributed by atoms with Crippen molar-refractivity contribution in [3.8, 4) is 0 Å². The fourth-order valence-corrected chi connectivity index (χ4v) is 1.32. The van der Waals surface area contributed by atoms with Crippen LogP contribution in [0.1, 0.15) is 11.1 Å². The van der Waals surface area contributed by atoms with E-state index in [0.29, 0.717) is 19.0 Å². The maximum absolute atomic E-state index is 5.58. The number of benzene rings is 1. The monoisotopic (exact) mass is 178 g/mol. The van der Waals surface area contributed by atoms with Crippen molar-refractivity contribution in [2.24, 2.45) is 17.4 Å². The molecule has 0 aliphatic rings. The SMILES string of the molecule is Cc1ccc(CC(CN)CN)cc1. The standard InChI is InChI=1S/C11H18N2/c1-9-2-4-10(5-3-9)6-11(7-12)8-13/h2-5,11H,6-8,12-13H2,1H3. The van der Waals surface area contributed by atoms with E-state index < -0.39 is 0 Å². The topological polar surface area (TPSA) is 52.0 Å². The van der Waals surface area contributed by atoms with E-state index in [-0.39, 0.29) is 0 Å². The van der Waals surface area contributed by atoms with Gasteiger partial charge in [-0.15, -0.1) is 0 Å². The lowest BCUT2D eigenvalue weighted by Gasteiger charge is -2.11. The van der Waals surface area contributed by atoms with Gasteiger partial charge in [0.1, 0.15) is 0 Å². The fourth-order valence-electron chi connectivity index (χ4n) is 1.32. The van der Waals surface area contributed by atoms with Gasteiger partial charge in [0.25, 0.3) is 0 Å². The van der Waals surface area contributed by atoms with Crippen LogP contribution in [0.25, 0.3) is 0 Å². The van der Waals surface area contributed by atoms with Crippen LogP contribution < -0.4 is 11.5 Å². The summed E-state index contributed by atoms with van der Waals surface area (Å²) in [5, 5.41) is 0. The highest BCUT2D eigenvalue weighted by molar-refractivity contribution is 5.21. The average molecular weight is 178 g/mol. The predicted molar refractivity (Wildman–Crippen MR) is 56.5 cm³/mol. The normalized spacial score (nSPS) is 10.8. The van der Waals surface area contributed by atoms with Gasteiger partial charge in [-0.05, 0) is 37.9 Å². The molecular formula is C11H18N2. The molecule has 13 heavy (non-hydrogen) atoms. The van der Waals surface area contributed by atoms with Gasteiger partial charge in [0.2, 0.25) is 0 Å². The molecule has 72 valence electrons. The molecule has 0 spiro atoms. The molecule has 1 rings (SSSR count). The van der Waals surface area contributed by atoms with E-state index in [1.54, 1.807) is 0 Å². The molecule has 0 unspecified atom stereocenters. The maximum Gasteiger partial charge on any atom is -0.00336 e. The molecule has 0 aliphatic heterocycles. The Morgan fingerprint density at radius 1 is 1.08 bits per heavy atom. The van der Waals surface area contributed by atoms with Gasteiger partial charge >= 0.3 is 0 Å². The molecule has 0 aromatic heterocycles. The Bertz CT molecular complexity index is 237. The van der Waals surface area contributed by atoms with E-state index in [1.807, 2.05) is 0 Å². The third-order valence-electron chi connectivity index (χ3n) is 2.31. The third kappa shape index (κ3) is 3.17. The number of hydrogen-bond donors (Lipinski definition) is 2. The van der Waals surface area contributed by atoms with Crippen LogP contribution in [0.5, 0.6) is 0 Å². The summed E-state index contributed by atoms with van der Waals surface area (Å²) in [5.41, 5.74) is 13.8. The number of aryl methyl sites for hydroxylation is 1. The van der Waals surface area contributed by atoms with Crippen LogP contribution in [0.2, 0.25) is 0 Å². The highest BCUT2D eigenvalue weighted by Gasteiger charge is 2.04. The molecule has 2 heteroatoms. The van der Waals surface area contributed by atoms with E-state index >= 15 is 0 Å². The van der Waals surface area contributed by atoms with Gasteiger partial charge in [0.05, 0.1) is 0 Å². The molecule has 1 aromatic carbocycles. The first-order valence-electron chi connectivity index (χ1n) is 4.72. The largest absolute Gasteiger partial charge is 0.330 e. The summed E-state index contributed by atoms with van der Waals surface area (Å²) in [6.45, 7) is 3.43. The summed E-state index contributed by atoms with van der Waals surface area (Å²) in [6.07, 6.45) is 0.993. The summed E-state index contributed by atoms with van der Waals surface area (Å²) in [6, 6.07) is 8.54. The van der Waals surface area contributed by atoms with E-state index in [1.165, 1.54) is 11.1 Å². The number of nitrogens with two attached hydrogens (primary N) is 2. The van der Waals surface area contributed by atoms with Crippen molar-refractivity contribution >= 4 is 0 Å². The van der Waals surface area contributed by atoms with E-state index in [9.17, 15) is 0 Å². The Morgan fingerprint density at radius 2 is 1.62 bits per heavy atom. The number of rotatable bonds is 4. The van der Waals surface area contributed by atoms with Crippen LogP contribution in [0.15, 0.2) is 24.3 Å². The molecule has 0 atom stereocenters. The maximum atomic E-state index is 5.58. The Balaban J connectivity index is 2.58. The van der Waals surface area contributed by atoms with Gasteiger partial charge in [-0.2, -0.15) is 0 Å². The lowest BCUT2D eigenvalue weighted by molar-refractivity contribution is 0.548. The van der Waals surface area contributed by atoms with Crippen LogP contribution >= 0.6 is 0 Å². The molecule has 0 fully saturated rings. The molecule has 0 aliphatic carbocycles. The van der Waals surface area contributed by atoms with Gasteiger partial charge in [0, 0.05) is 0 Å². The highest BCUT2D eigenvalue weighted by atomic mass is 14.6. The van der Waals surface area contributed by atoms with E-state index in [4.69, 9.17) is 11.5 Å². The van der Waals surface area contributed by atoms with Crippen LogP contribution in [0.4, 0.5) is 0 Å². The summed E-state index contributed by atoms with van der Waals surface area (Å²) in [4.78, 5) is 0. The van der Waals surface area contributed by atoms with Crippen LogP contribution in [0, 0.1) is 12.8 Å². The van der Waals surface area contributed by atoms with Crippen LogP contribution in [-0.4, -0.2) is 13.1 Å². The van der Waals surface area contributed by atoms with Gasteiger partial charge < -0.3 is 11.5 Å². The lowest BCUT2D eigenvalue weighted by Crippen LogP contribution is -2.25. The van der Waals surface area contributed by atoms with Crippen molar-refractivity contribution in [2.45, 2.75) is 13.3 Å². The summed E-state index contributed by atoms with van der Waals surface area (Å²) in [7, 11) is 0. The van der Waals surface area contributed by atoms with Crippen LogP contribution in [0.3, 0.4) is 0 Å². The molecule has 1 aromatic rings. The van der Waals surface area contributed by atoms with Gasteiger partial charge in [-0.25, -0.2) is 0 Å². The summed E-state index contributed by atoms with van der Waals surface area (Å²) in [5.74, 6) is 0.419. The minimum absolute atomic E-state index is 0.419.